The number of aldehydes is 1. The van der Waals surface area contributed by atoms with Crippen LogP contribution in [0.1, 0.15) is 9.67 Å². The van der Waals surface area contributed by atoms with Crippen molar-refractivity contribution in [2.75, 3.05) is 0 Å². The van der Waals surface area contributed by atoms with Crippen LogP contribution in [0.25, 0.3) is 0 Å². The van der Waals surface area contributed by atoms with Gasteiger partial charge in [0, 0.05) is 6.07 Å². The van der Waals surface area contributed by atoms with E-state index in [4.69, 9.17) is 10.2 Å². The second kappa shape index (κ2) is 5.82. The summed E-state index contributed by atoms with van der Waals surface area (Å²) in [6.45, 7) is 0. The molecule has 2 aromatic rings. The van der Waals surface area contributed by atoms with Crippen LogP contribution in [0.15, 0.2) is 41.8 Å². The summed E-state index contributed by atoms with van der Waals surface area (Å²) >= 11 is 1.45. The predicted octanol–water partition coefficient (Wildman–Crippen LogP) is 2.66. The van der Waals surface area contributed by atoms with Crippen molar-refractivity contribution < 1.29 is 15.0 Å². The fraction of sp³-hybridized carbons (Fsp3) is 0. The van der Waals surface area contributed by atoms with Gasteiger partial charge in [-0.05, 0) is 23.6 Å². The second-order valence-electron chi connectivity index (χ2n) is 2.65. The molecule has 0 aliphatic rings. The molecule has 15 heavy (non-hydrogen) atoms. The van der Waals surface area contributed by atoms with Crippen LogP contribution in [0.2, 0.25) is 0 Å². The van der Waals surface area contributed by atoms with E-state index in [2.05, 4.69) is 0 Å². The van der Waals surface area contributed by atoms with Gasteiger partial charge in [-0.2, -0.15) is 0 Å². The first-order chi connectivity index (χ1) is 7.22. The van der Waals surface area contributed by atoms with Gasteiger partial charge in [-0.25, -0.2) is 0 Å². The Morgan fingerprint density at radius 1 is 1.07 bits per heavy atom. The van der Waals surface area contributed by atoms with Gasteiger partial charge in [-0.15, -0.1) is 11.3 Å². The van der Waals surface area contributed by atoms with E-state index in [0.717, 1.165) is 11.2 Å². The van der Waals surface area contributed by atoms with Crippen molar-refractivity contribution in [1.82, 2.24) is 0 Å². The third-order valence-corrected chi connectivity index (χ3v) is 2.29. The van der Waals surface area contributed by atoms with Crippen LogP contribution in [0.5, 0.6) is 11.5 Å². The Hall–Kier alpha value is -1.81. The van der Waals surface area contributed by atoms with Crippen LogP contribution in [-0.2, 0) is 0 Å². The number of thiophene rings is 1. The van der Waals surface area contributed by atoms with E-state index in [0.29, 0.717) is 0 Å². The van der Waals surface area contributed by atoms with E-state index in [1.165, 1.54) is 29.5 Å². The summed E-state index contributed by atoms with van der Waals surface area (Å²) < 4.78 is 0. The molecular formula is C11H10O3S. The molecule has 0 bridgehead atoms. The van der Waals surface area contributed by atoms with Gasteiger partial charge in [-0.1, -0.05) is 12.1 Å². The first-order valence-corrected chi connectivity index (χ1v) is 5.07. The van der Waals surface area contributed by atoms with Crippen molar-refractivity contribution >= 4 is 17.6 Å². The van der Waals surface area contributed by atoms with E-state index in [1.807, 2.05) is 11.4 Å². The summed E-state index contributed by atoms with van der Waals surface area (Å²) in [4.78, 5) is 10.7. The number of phenolic OH excluding ortho intramolecular Hbond substituents is 2. The lowest BCUT2D eigenvalue weighted by Gasteiger charge is -1.89. The summed E-state index contributed by atoms with van der Waals surface area (Å²) in [6.07, 6.45) is 0.852. The largest absolute Gasteiger partial charge is 0.508 e. The van der Waals surface area contributed by atoms with Crippen LogP contribution in [0, 0.1) is 0 Å². The molecule has 0 spiro atoms. The molecule has 0 unspecified atom stereocenters. The van der Waals surface area contributed by atoms with E-state index >= 15 is 0 Å². The zero-order valence-corrected chi connectivity index (χ0v) is 8.65. The first kappa shape index (κ1) is 11.3. The monoisotopic (exact) mass is 222 g/mol. The molecule has 0 saturated carbocycles. The Balaban J connectivity index is 0.000000151. The van der Waals surface area contributed by atoms with E-state index in [9.17, 15) is 4.79 Å². The van der Waals surface area contributed by atoms with Crippen LogP contribution in [0.4, 0.5) is 0 Å². The average molecular weight is 222 g/mol. The molecule has 2 rings (SSSR count). The van der Waals surface area contributed by atoms with Gasteiger partial charge in [0.1, 0.15) is 11.5 Å². The zero-order chi connectivity index (χ0) is 11.1. The van der Waals surface area contributed by atoms with Crippen molar-refractivity contribution in [1.29, 1.82) is 0 Å². The molecule has 0 amide bonds. The van der Waals surface area contributed by atoms with Crippen LogP contribution in [-0.4, -0.2) is 16.5 Å². The minimum absolute atomic E-state index is 0.0880. The SMILES string of the molecule is O=Cc1cccs1.Oc1cccc(O)c1. The Kier molecular flexibility index (Phi) is 4.37. The molecule has 1 aromatic carbocycles. The Labute approximate surface area is 91.2 Å². The molecule has 4 heteroatoms. The van der Waals surface area contributed by atoms with Gasteiger partial charge in [0.25, 0.3) is 0 Å². The van der Waals surface area contributed by atoms with Crippen LogP contribution < -0.4 is 0 Å². The summed E-state index contributed by atoms with van der Waals surface area (Å²) in [5.74, 6) is 0.176. The van der Waals surface area contributed by atoms with E-state index in [-0.39, 0.29) is 11.5 Å². The van der Waals surface area contributed by atoms with Crippen molar-refractivity contribution in [2.45, 2.75) is 0 Å². The molecule has 3 nitrogen and oxygen atoms in total. The molecule has 1 heterocycles. The highest BCUT2D eigenvalue weighted by molar-refractivity contribution is 7.11. The molecule has 0 aliphatic heterocycles. The zero-order valence-electron chi connectivity index (χ0n) is 7.83. The third kappa shape index (κ3) is 4.28. The molecule has 0 saturated heterocycles. The summed E-state index contributed by atoms with van der Waals surface area (Å²) in [5.41, 5.74) is 0. The highest BCUT2D eigenvalue weighted by atomic mass is 32.1. The number of carbonyl (C=O) groups excluding carboxylic acids is 1. The van der Waals surface area contributed by atoms with Crippen molar-refractivity contribution in [3.8, 4) is 11.5 Å². The minimum Gasteiger partial charge on any atom is -0.508 e. The van der Waals surface area contributed by atoms with Gasteiger partial charge >= 0.3 is 0 Å². The number of carbonyl (C=O) groups is 1. The molecule has 0 fully saturated rings. The van der Waals surface area contributed by atoms with Gasteiger partial charge in [0.2, 0.25) is 0 Å². The lowest BCUT2D eigenvalue weighted by atomic mass is 10.3. The fourth-order valence-electron chi connectivity index (χ4n) is 0.851. The fourth-order valence-corrected chi connectivity index (χ4v) is 1.38. The number of benzene rings is 1. The quantitative estimate of drug-likeness (QED) is 0.729. The van der Waals surface area contributed by atoms with Gasteiger partial charge < -0.3 is 10.2 Å². The summed E-state index contributed by atoms with van der Waals surface area (Å²) in [5, 5.41) is 19.2. The lowest BCUT2D eigenvalue weighted by Crippen LogP contribution is -1.61. The van der Waals surface area contributed by atoms with Crippen molar-refractivity contribution in [3.63, 3.8) is 0 Å². The highest BCUT2D eigenvalue weighted by Crippen LogP contribution is 2.14. The third-order valence-electron chi connectivity index (χ3n) is 1.49. The van der Waals surface area contributed by atoms with Gasteiger partial charge in [0.15, 0.2) is 6.29 Å². The van der Waals surface area contributed by atoms with Crippen molar-refractivity contribution in [3.05, 3.63) is 46.7 Å². The average Bonchev–Trinajstić information content (AvgIpc) is 2.70. The molecule has 2 N–H and O–H groups in total. The standard InChI is InChI=1S/C6H6O2.C5H4OS/c7-5-2-1-3-6(8)4-5;6-4-5-2-1-3-7-5/h1-4,7-8H;1-4H. The molecule has 1 aromatic heterocycles. The highest BCUT2D eigenvalue weighted by Gasteiger charge is 1.85. The lowest BCUT2D eigenvalue weighted by molar-refractivity contribution is 0.112. The normalized spacial score (nSPS) is 8.80. The second-order valence-corrected chi connectivity index (χ2v) is 3.63. The Bertz CT molecular complexity index is 392. The van der Waals surface area contributed by atoms with Gasteiger partial charge in [-0.3, -0.25) is 4.79 Å². The predicted molar refractivity (Wildman–Crippen MR) is 59.5 cm³/mol. The topological polar surface area (TPSA) is 57.5 Å². The molecule has 78 valence electrons. The molecule has 0 radical (unpaired) electrons. The Morgan fingerprint density at radius 2 is 1.73 bits per heavy atom. The molecular weight excluding hydrogens is 212 g/mol. The number of aromatic hydroxyl groups is 2. The Morgan fingerprint density at radius 3 is 2.00 bits per heavy atom. The molecule has 0 atom stereocenters. The number of hydrogen-bond donors (Lipinski definition) is 2. The van der Waals surface area contributed by atoms with E-state index < -0.39 is 0 Å². The maximum atomic E-state index is 9.88. The van der Waals surface area contributed by atoms with E-state index in [1.54, 1.807) is 12.1 Å². The maximum Gasteiger partial charge on any atom is 0.159 e. The maximum absolute atomic E-state index is 9.88. The van der Waals surface area contributed by atoms with Crippen LogP contribution in [0.3, 0.4) is 0 Å². The number of phenols is 2. The minimum atomic E-state index is 0.0880. The molecule has 0 aliphatic carbocycles. The van der Waals surface area contributed by atoms with Gasteiger partial charge in [0.05, 0.1) is 4.88 Å². The number of hydrogen-bond acceptors (Lipinski definition) is 4. The number of rotatable bonds is 1. The van der Waals surface area contributed by atoms with Crippen molar-refractivity contribution in [2.24, 2.45) is 0 Å². The smallest absolute Gasteiger partial charge is 0.159 e. The summed E-state index contributed by atoms with van der Waals surface area (Å²) in [7, 11) is 0. The summed E-state index contributed by atoms with van der Waals surface area (Å²) in [6, 6.07) is 9.50. The van der Waals surface area contributed by atoms with Crippen LogP contribution >= 0.6 is 11.3 Å². The first-order valence-electron chi connectivity index (χ1n) is 4.19.